The first-order chi connectivity index (χ1) is 10.6. The molecule has 2 aromatic heterocycles. The Kier molecular flexibility index (Phi) is 3.65. The second kappa shape index (κ2) is 5.61. The Morgan fingerprint density at radius 3 is 2.59 bits per heavy atom. The molecule has 0 saturated heterocycles. The van der Waals surface area contributed by atoms with E-state index in [2.05, 4.69) is 4.98 Å². The molecule has 0 unspecified atom stereocenters. The van der Waals surface area contributed by atoms with E-state index in [4.69, 9.17) is 4.42 Å². The van der Waals surface area contributed by atoms with Crippen LogP contribution < -0.4 is 5.43 Å². The van der Waals surface area contributed by atoms with Crippen molar-refractivity contribution in [3.05, 3.63) is 58.4 Å². The van der Waals surface area contributed by atoms with Crippen molar-refractivity contribution in [3.8, 4) is 17.1 Å². The highest BCUT2D eigenvalue weighted by atomic mass is 16.3. The maximum Gasteiger partial charge on any atom is 0.230 e. The lowest BCUT2D eigenvalue weighted by Gasteiger charge is -2.13. The fraction of sp³-hybridized carbons (Fsp3) is 0.176. The zero-order valence-corrected chi connectivity index (χ0v) is 12.4. The van der Waals surface area contributed by atoms with Gasteiger partial charge in [0.1, 0.15) is 11.5 Å². The van der Waals surface area contributed by atoms with Crippen LogP contribution >= 0.6 is 0 Å². The number of hydrogen-bond donors (Lipinski definition) is 1. The zero-order valence-electron chi connectivity index (χ0n) is 12.4. The summed E-state index contributed by atoms with van der Waals surface area (Å²) in [6, 6.07) is 10.0. The largest absolute Gasteiger partial charge is 0.508 e. The van der Waals surface area contributed by atoms with E-state index < -0.39 is 0 Å². The monoisotopic (exact) mass is 296 g/mol. The quantitative estimate of drug-likeness (QED) is 0.804. The standard InChI is InChI=1S/C17H16N2O3/c1-19(2)10-14-15(21)13-4-3-9-18-17(13)22-16(14)11-5-7-12(20)8-6-11/h3-9,20H,10H2,1-2H3. The second-order valence-electron chi connectivity index (χ2n) is 5.38. The Labute approximate surface area is 127 Å². The van der Waals surface area contributed by atoms with Crippen molar-refractivity contribution in [2.24, 2.45) is 0 Å². The van der Waals surface area contributed by atoms with E-state index in [1.807, 2.05) is 19.0 Å². The summed E-state index contributed by atoms with van der Waals surface area (Å²) in [5.41, 5.74) is 1.56. The van der Waals surface area contributed by atoms with E-state index >= 15 is 0 Å². The molecule has 0 aliphatic heterocycles. The minimum Gasteiger partial charge on any atom is -0.508 e. The predicted molar refractivity (Wildman–Crippen MR) is 84.8 cm³/mol. The van der Waals surface area contributed by atoms with Gasteiger partial charge in [0.15, 0.2) is 5.43 Å². The van der Waals surface area contributed by atoms with Gasteiger partial charge < -0.3 is 14.4 Å². The molecule has 22 heavy (non-hydrogen) atoms. The summed E-state index contributed by atoms with van der Waals surface area (Å²) >= 11 is 0. The molecule has 3 rings (SSSR count). The Balaban J connectivity index is 2.31. The second-order valence-corrected chi connectivity index (χ2v) is 5.38. The number of benzene rings is 1. The lowest BCUT2D eigenvalue weighted by Crippen LogP contribution is -2.20. The third-order valence-corrected chi connectivity index (χ3v) is 3.37. The van der Waals surface area contributed by atoms with Gasteiger partial charge in [-0.05, 0) is 50.5 Å². The molecule has 0 bridgehead atoms. The van der Waals surface area contributed by atoms with Gasteiger partial charge in [0.25, 0.3) is 0 Å². The fourth-order valence-electron chi connectivity index (χ4n) is 2.37. The zero-order chi connectivity index (χ0) is 15.7. The molecule has 0 atom stereocenters. The first-order valence-electron chi connectivity index (χ1n) is 6.91. The molecule has 1 aromatic carbocycles. The maximum absolute atomic E-state index is 12.7. The first kappa shape index (κ1) is 14.3. The molecule has 0 amide bonds. The highest BCUT2D eigenvalue weighted by Crippen LogP contribution is 2.27. The van der Waals surface area contributed by atoms with Crippen LogP contribution in [-0.4, -0.2) is 29.1 Å². The number of fused-ring (bicyclic) bond motifs is 1. The SMILES string of the molecule is CN(C)Cc1c(-c2ccc(O)cc2)oc2ncccc2c1=O. The summed E-state index contributed by atoms with van der Waals surface area (Å²) in [4.78, 5) is 18.8. The molecule has 3 aromatic rings. The maximum atomic E-state index is 12.7. The predicted octanol–water partition coefficient (Wildman–Crippen LogP) is 2.62. The third kappa shape index (κ3) is 2.58. The first-order valence-corrected chi connectivity index (χ1v) is 6.91. The van der Waals surface area contributed by atoms with Gasteiger partial charge in [0.2, 0.25) is 5.71 Å². The van der Waals surface area contributed by atoms with Crippen LogP contribution in [0.2, 0.25) is 0 Å². The number of aromatic hydroxyl groups is 1. The summed E-state index contributed by atoms with van der Waals surface area (Å²) in [5, 5.41) is 9.91. The highest BCUT2D eigenvalue weighted by Gasteiger charge is 2.17. The van der Waals surface area contributed by atoms with Crippen molar-refractivity contribution in [3.63, 3.8) is 0 Å². The highest BCUT2D eigenvalue weighted by molar-refractivity contribution is 5.77. The number of phenols is 1. The normalized spacial score (nSPS) is 11.2. The van der Waals surface area contributed by atoms with E-state index in [1.54, 1.807) is 42.6 Å². The molecule has 0 aliphatic rings. The summed E-state index contributed by atoms with van der Waals surface area (Å²) in [6.45, 7) is 0.462. The number of phenolic OH excluding ortho intramolecular Hbond substituents is 1. The molecule has 1 N–H and O–H groups in total. The summed E-state index contributed by atoms with van der Waals surface area (Å²) in [5.74, 6) is 0.657. The van der Waals surface area contributed by atoms with Crippen molar-refractivity contribution in [2.75, 3.05) is 14.1 Å². The Hall–Kier alpha value is -2.66. The van der Waals surface area contributed by atoms with Crippen LogP contribution in [0.4, 0.5) is 0 Å². The van der Waals surface area contributed by atoms with Gasteiger partial charge in [-0.1, -0.05) is 0 Å². The smallest absolute Gasteiger partial charge is 0.230 e. The molecule has 2 heterocycles. The van der Waals surface area contributed by atoms with Gasteiger partial charge in [-0.2, -0.15) is 0 Å². The number of nitrogens with zero attached hydrogens (tertiary/aromatic N) is 2. The van der Waals surface area contributed by atoms with Gasteiger partial charge in [-0.3, -0.25) is 4.79 Å². The van der Waals surface area contributed by atoms with E-state index in [-0.39, 0.29) is 11.2 Å². The van der Waals surface area contributed by atoms with Gasteiger partial charge >= 0.3 is 0 Å². The van der Waals surface area contributed by atoms with Gasteiger partial charge in [-0.15, -0.1) is 0 Å². The molecule has 0 saturated carbocycles. The Morgan fingerprint density at radius 2 is 1.91 bits per heavy atom. The minimum absolute atomic E-state index is 0.0777. The van der Waals surface area contributed by atoms with Crippen molar-refractivity contribution in [1.29, 1.82) is 0 Å². The molecule has 0 radical (unpaired) electrons. The van der Waals surface area contributed by atoms with Crippen molar-refractivity contribution < 1.29 is 9.52 Å². The summed E-state index contributed by atoms with van der Waals surface area (Å²) in [7, 11) is 3.79. The average molecular weight is 296 g/mol. The summed E-state index contributed by atoms with van der Waals surface area (Å²) < 4.78 is 5.88. The molecule has 5 nitrogen and oxygen atoms in total. The van der Waals surface area contributed by atoms with Crippen molar-refractivity contribution >= 4 is 11.1 Å². The van der Waals surface area contributed by atoms with Gasteiger partial charge in [0.05, 0.1) is 10.9 Å². The van der Waals surface area contributed by atoms with E-state index in [1.165, 1.54) is 0 Å². The molecular weight excluding hydrogens is 280 g/mol. The van der Waals surface area contributed by atoms with Crippen LogP contribution in [0.1, 0.15) is 5.56 Å². The van der Waals surface area contributed by atoms with Gasteiger partial charge in [0, 0.05) is 18.3 Å². The van der Waals surface area contributed by atoms with Crippen LogP contribution in [0.3, 0.4) is 0 Å². The molecule has 0 spiro atoms. The van der Waals surface area contributed by atoms with E-state index in [9.17, 15) is 9.90 Å². The minimum atomic E-state index is -0.0777. The average Bonchev–Trinajstić information content (AvgIpc) is 2.50. The third-order valence-electron chi connectivity index (χ3n) is 3.37. The molecule has 5 heteroatoms. The fourth-order valence-corrected chi connectivity index (χ4v) is 2.37. The van der Waals surface area contributed by atoms with E-state index in [0.717, 1.165) is 5.56 Å². The molecular formula is C17H16N2O3. The van der Waals surface area contributed by atoms with Gasteiger partial charge in [-0.25, -0.2) is 4.98 Å². The topological polar surface area (TPSA) is 66.6 Å². The van der Waals surface area contributed by atoms with Crippen LogP contribution in [0.25, 0.3) is 22.4 Å². The number of rotatable bonds is 3. The molecule has 0 fully saturated rings. The van der Waals surface area contributed by atoms with Crippen molar-refractivity contribution in [1.82, 2.24) is 9.88 Å². The van der Waals surface area contributed by atoms with Crippen LogP contribution in [0.15, 0.2) is 51.8 Å². The Morgan fingerprint density at radius 1 is 1.18 bits per heavy atom. The van der Waals surface area contributed by atoms with Crippen LogP contribution in [-0.2, 0) is 6.54 Å². The van der Waals surface area contributed by atoms with Crippen LogP contribution in [0, 0.1) is 0 Å². The van der Waals surface area contributed by atoms with Crippen LogP contribution in [0.5, 0.6) is 5.75 Å². The number of hydrogen-bond acceptors (Lipinski definition) is 5. The lowest BCUT2D eigenvalue weighted by molar-refractivity contribution is 0.397. The molecule has 0 aliphatic carbocycles. The Bertz CT molecular complexity index is 867. The summed E-state index contributed by atoms with van der Waals surface area (Å²) in [6.07, 6.45) is 1.59. The molecule has 112 valence electrons. The van der Waals surface area contributed by atoms with E-state index in [0.29, 0.717) is 29.0 Å². The van der Waals surface area contributed by atoms with Crippen molar-refractivity contribution in [2.45, 2.75) is 6.54 Å². The number of pyridine rings is 1. The lowest BCUT2D eigenvalue weighted by atomic mass is 10.0. The number of aromatic nitrogens is 1.